The van der Waals surface area contributed by atoms with Crippen LogP contribution in [0.1, 0.15) is 23.5 Å². The molecule has 5 heteroatoms. The van der Waals surface area contributed by atoms with Crippen LogP contribution in [0, 0.1) is 5.92 Å². The molecular formula is C17H16N2O3. The van der Waals surface area contributed by atoms with Gasteiger partial charge in [0, 0.05) is 17.5 Å². The van der Waals surface area contributed by atoms with Gasteiger partial charge in [0.05, 0.1) is 6.21 Å². The molecule has 2 aromatic rings. The molecule has 0 aliphatic heterocycles. The molecule has 0 unspecified atom stereocenters. The Morgan fingerprint density at radius 1 is 1.18 bits per heavy atom. The molecule has 2 aromatic carbocycles. The second kappa shape index (κ2) is 5.89. The number of benzene rings is 2. The van der Waals surface area contributed by atoms with E-state index in [1.807, 2.05) is 30.3 Å². The zero-order valence-electron chi connectivity index (χ0n) is 11.8. The smallest absolute Gasteiger partial charge is 0.243 e. The Balaban J connectivity index is 1.56. The maximum absolute atomic E-state index is 12.0. The molecule has 3 N–H and O–H groups in total. The highest BCUT2D eigenvalue weighted by molar-refractivity contribution is 5.87. The van der Waals surface area contributed by atoms with Crippen molar-refractivity contribution in [3.63, 3.8) is 0 Å². The van der Waals surface area contributed by atoms with Crippen LogP contribution in [-0.4, -0.2) is 22.3 Å². The van der Waals surface area contributed by atoms with Crippen LogP contribution in [0.2, 0.25) is 0 Å². The van der Waals surface area contributed by atoms with Crippen molar-refractivity contribution in [2.45, 2.75) is 12.3 Å². The first-order valence-electron chi connectivity index (χ1n) is 7.05. The molecule has 0 radical (unpaired) electrons. The molecule has 1 aliphatic carbocycles. The monoisotopic (exact) mass is 296 g/mol. The SMILES string of the molecule is O=C(N/N=C\c1ccc(O)cc1O)[C@H]1C[C@@H]1c1ccccc1. The van der Waals surface area contributed by atoms with Gasteiger partial charge in [-0.15, -0.1) is 0 Å². The van der Waals surface area contributed by atoms with Gasteiger partial charge in [-0.25, -0.2) is 5.43 Å². The van der Waals surface area contributed by atoms with Crippen molar-refractivity contribution >= 4 is 12.1 Å². The van der Waals surface area contributed by atoms with Gasteiger partial charge in [0.2, 0.25) is 5.91 Å². The number of rotatable bonds is 4. The minimum atomic E-state index is -0.122. The van der Waals surface area contributed by atoms with Crippen molar-refractivity contribution in [2.75, 3.05) is 0 Å². The van der Waals surface area contributed by atoms with Crippen molar-refractivity contribution in [3.05, 3.63) is 59.7 Å². The van der Waals surface area contributed by atoms with Gasteiger partial charge in [-0.1, -0.05) is 30.3 Å². The van der Waals surface area contributed by atoms with E-state index in [2.05, 4.69) is 10.5 Å². The summed E-state index contributed by atoms with van der Waals surface area (Å²) in [5.41, 5.74) is 4.09. The third-order valence-electron chi connectivity index (χ3n) is 3.75. The Labute approximate surface area is 127 Å². The van der Waals surface area contributed by atoms with Crippen LogP contribution in [0.4, 0.5) is 0 Å². The highest BCUT2D eigenvalue weighted by atomic mass is 16.3. The fourth-order valence-corrected chi connectivity index (χ4v) is 2.44. The minimum absolute atomic E-state index is 0.0256. The third-order valence-corrected chi connectivity index (χ3v) is 3.75. The van der Waals surface area contributed by atoms with E-state index in [-0.39, 0.29) is 29.2 Å². The maximum Gasteiger partial charge on any atom is 0.243 e. The largest absolute Gasteiger partial charge is 0.508 e. The number of nitrogens with one attached hydrogen (secondary N) is 1. The van der Waals surface area contributed by atoms with E-state index in [1.165, 1.54) is 30.0 Å². The number of aromatic hydroxyl groups is 2. The fraction of sp³-hybridized carbons (Fsp3) is 0.176. The lowest BCUT2D eigenvalue weighted by molar-refractivity contribution is -0.122. The Kier molecular flexibility index (Phi) is 3.78. The van der Waals surface area contributed by atoms with Gasteiger partial charge in [0.15, 0.2) is 0 Å². The van der Waals surface area contributed by atoms with Crippen molar-refractivity contribution < 1.29 is 15.0 Å². The molecule has 1 fully saturated rings. The summed E-state index contributed by atoms with van der Waals surface area (Å²) in [5, 5.41) is 22.7. The molecule has 0 heterocycles. The topological polar surface area (TPSA) is 81.9 Å². The molecule has 0 bridgehead atoms. The Morgan fingerprint density at radius 3 is 2.68 bits per heavy atom. The molecule has 1 saturated carbocycles. The standard InChI is InChI=1S/C17H16N2O3/c20-13-7-6-12(16(21)8-13)10-18-19-17(22)15-9-14(15)11-4-2-1-3-5-11/h1-8,10,14-15,20-21H,9H2,(H,19,22)/b18-10-/t14-,15+/m1/s1. The molecular weight excluding hydrogens is 280 g/mol. The van der Waals surface area contributed by atoms with Gasteiger partial charge in [0.1, 0.15) is 11.5 Å². The normalized spacial score (nSPS) is 20.0. The van der Waals surface area contributed by atoms with Gasteiger partial charge in [-0.2, -0.15) is 5.10 Å². The maximum atomic E-state index is 12.0. The number of phenolic OH excluding ortho intramolecular Hbond substituents is 2. The van der Waals surface area contributed by atoms with E-state index in [4.69, 9.17) is 0 Å². The number of amides is 1. The van der Waals surface area contributed by atoms with Crippen LogP contribution in [0.3, 0.4) is 0 Å². The number of hydrogen-bond donors (Lipinski definition) is 3. The van der Waals surface area contributed by atoms with Gasteiger partial charge in [-0.3, -0.25) is 4.79 Å². The van der Waals surface area contributed by atoms with Gasteiger partial charge >= 0.3 is 0 Å². The number of hydrogen-bond acceptors (Lipinski definition) is 4. The molecule has 1 amide bonds. The van der Waals surface area contributed by atoms with E-state index >= 15 is 0 Å². The molecule has 112 valence electrons. The predicted octanol–water partition coefficient (Wildman–Crippen LogP) is 2.35. The summed E-state index contributed by atoms with van der Waals surface area (Å²) >= 11 is 0. The predicted molar refractivity (Wildman–Crippen MR) is 82.8 cm³/mol. The summed E-state index contributed by atoms with van der Waals surface area (Å²) < 4.78 is 0. The van der Waals surface area contributed by atoms with Crippen molar-refractivity contribution in [1.29, 1.82) is 0 Å². The Morgan fingerprint density at radius 2 is 1.95 bits per heavy atom. The number of nitrogens with zero attached hydrogens (tertiary/aromatic N) is 1. The summed E-state index contributed by atoms with van der Waals surface area (Å²) in [6, 6.07) is 14.1. The van der Waals surface area contributed by atoms with Crippen molar-refractivity contribution in [3.8, 4) is 11.5 Å². The summed E-state index contributed by atoms with van der Waals surface area (Å²) in [7, 11) is 0. The van der Waals surface area contributed by atoms with Gasteiger partial charge in [-0.05, 0) is 30.0 Å². The summed E-state index contributed by atoms with van der Waals surface area (Å²) in [5.74, 6) is -0.0243. The summed E-state index contributed by atoms with van der Waals surface area (Å²) in [4.78, 5) is 12.0. The first-order chi connectivity index (χ1) is 10.6. The fourth-order valence-electron chi connectivity index (χ4n) is 2.44. The van der Waals surface area contributed by atoms with Crippen molar-refractivity contribution in [1.82, 2.24) is 5.43 Å². The van der Waals surface area contributed by atoms with Crippen LogP contribution < -0.4 is 5.43 Å². The lowest BCUT2D eigenvalue weighted by atomic mass is 10.1. The van der Waals surface area contributed by atoms with Crippen LogP contribution in [0.5, 0.6) is 11.5 Å². The van der Waals surface area contributed by atoms with Crippen LogP contribution in [0.25, 0.3) is 0 Å². The molecule has 22 heavy (non-hydrogen) atoms. The Bertz CT molecular complexity index is 713. The van der Waals surface area contributed by atoms with E-state index in [0.717, 1.165) is 6.42 Å². The zero-order chi connectivity index (χ0) is 15.5. The Hall–Kier alpha value is -2.82. The molecule has 0 spiro atoms. The molecule has 2 atom stereocenters. The highest BCUT2D eigenvalue weighted by Gasteiger charge is 2.43. The molecule has 3 rings (SSSR count). The number of phenols is 2. The van der Waals surface area contributed by atoms with Crippen molar-refractivity contribution in [2.24, 2.45) is 11.0 Å². The molecule has 5 nitrogen and oxygen atoms in total. The number of carbonyl (C=O) groups is 1. The van der Waals surface area contributed by atoms with E-state index in [1.54, 1.807) is 0 Å². The first kappa shape index (κ1) is 14.1. The second-order valence-corrected chi connectivity index (χ2v) is 5.34. The zero-order valence-corrected chi connectivity index (χ0v) is 11.8. The van der Waals surface area contributed by atoms with E-state index in [0.29, 0.717) is 5.56 Å². The molecule has 0 aromatic heterocycles. The van der Waals surface area contributed by atoms with Crippen LogP contribution >= 0.6 is 0 Å². The van der Waals surface area contributed by atoms with E-state index < -0.39 is 0 Å². The molecule has 1 aliphatic rings. The summed E-state index contributed by atoms with van der Waals surface area (Å²) in [6.45, 7) is 0. The average Bonchev–Trinajstić information content (AvgIpc) is 3.31. The molecule has 0 saturated heterocycles. The summed E-state index contributed by atoms with van der Waals surface area (Å²) in [6.07, 6.45) is 2.18. The van der Waals surface area contributed by atoms with Crippen LogP contribution in [-0.2, 0) is 4.79 Å². The highest BCUT2D eigenvalue weighted by Crippen LogP contribution is 2.47. The minimum Gasteiger partial charge on any atom is -0.508 e. The van der Waals surface area contributed by atoms with E-state index in [9.17, 15) is 15.0 Å². The number of hydrazone groups is 1. The van der Waals surface area contributed by atoms with Crippen LogP contribution in [0.15, 0.2) is 53.6 Å². The number of carbonyl (C=O) groups excluding carboxylic acids is 1. The average molecular weight is 296 g/mol. The first-order valence-corrected chi connectivity index (χ1v) is 7.05. The van der Waals surface area contributed by atoms with Gasteiger partial charge < -0.3 is 10.2 Å². The second-order valence-electron chi connectivity index (χ2n) is 5.34. The third kappa shape index (κ3) is 3.09. The quantitative estimate of drug-likeness (QED) is 0.598. The van der Waals surface area contributed by atoms with Gasteiger partial charge in [0.25, 0.3) is 0 Å². The lowest BCUT2D eigenvalue weighted by Crippen LogP contribution is -2.20. The lowest BCUT2D eigenvalue weighted by Gasteiger charge is -2.01.